The molecule has 0 saturated heterocycles. The summed E-state index contributed by atoms with van der Waals surface area (Å²) in [6.07, 6.45) is 0.825. The van der Waals surface area contributed by atoms with Crippen LogP contribution in [0.1, 0.15) is 35.2 Å². The maximum atomic E-state index is 12.8. The number of hydrazine groups is 1. The van der Waals surface area contributed by atoms with Gasteiger partial charge in [-0.2, -0.15) is 18.4 Å². The SMILES string of the molecule is CNC1NN(Cc2ccc(C#N)cn2)C=C1Br.O=CCc1ccc(C2(C(F)(F)F)CC2)cc1. The number of rotatable bonds is 6. The highest BCUT2D eigenvalue weighted by Crippen LogP contribution is 2.58. The molecule has 1 aromatic carbocycles. The summed E-state index contributed by atoms with van der Waals surface area (Å²) in [6, 6.07) is 11.8. The molecule has 1 aliphatic heterocycles. The second kappa shape index (κ2) is 10.5. The van der Waals surface area contributed by atoms with Crippen LogP contribution in [-0.2, 0) is 23.2 Å². The van der Waals surface area contributed by atoms with Gasteiger partial charge in [0.1, 0.15) is 18.5 Å². The van der Waals surface area contributed by atoms with Crippen LogP contribution in [-0.4, -0.2) is 35.7 Å². The molecule has 2 aliphatic rings. The number of hydrogen-bond donors (Lipinski definition) is 2. The molecule has 174 valence electrons. The van der Waals surface area contributed by atoms with E-state index >= 15 is 0 Å². The van der Waals surface area contributed by atoms with Crippen LogP contribution in [0.3, 0.4) is 0 Å². The Bertz CT molecular complexity index is 1030. The molecule has 1 aromatic heterocycles. The monoisotopic (exact) mass is 521 g/mol. The molecule has 10 heteroatoms. The lowest BCUT2D eigenvalue weighted by Gasteiger charge is -2.19. The zero-order chi connectivity index (χ0) is 24.1. The lowest BCUT2D eigenvalue weighted by molar-refractivity contribution is -0.160. The third-order valence-electron chi connectivity index (χ3n) is 5.54. The van der Waals surface area contributed by atoms with E-state index in [-0.39, 0.29) is 25.4 Å². The number of benzene rings is 1. The van der Waals surface area contributed by atoms with Crippen LogP contribution in [0.25, 0.3) is 0 Å². The Balaban J connectivity index is 0.000000186. The van der Waals surface area contributed by atoms with E-state index in [0.29, 0.717) is 17.7 Å². The molecule has 2 N–H and O–H groups in total. The number of hydrogen-bond acceptors (Lipinski definition) is 6. The van der Waals surface area contributed by atoms with Crippen LogP contribution < -0.4 is 10.7 Å². The van der Waals surface area contributed by atoms with Crippen molar-refractivity contribution in [3.63, 3.8) is 0 Å². The van der Waals surface area contributed by atoms with Crippen molar-refractivity contribution in [1.82, 2.24) is 20.7 Å². The number of likely N-dealkylation sites (N-methyl/N-ethyl adjacent to an activating group) is 1. The summed E-state index contributed by atoms with van der Waals surface area (Å²) in [5.74, 6) is 0. The number of pyridine rings is 1. The Morgan fingerprint density at radius 2 is 2.00 bits per heavy atom. The zero-order valence-electron chi connectivity index (χ0n) is 17.9. The van der Waals surface area contributed by atoms with Crippen molar-refractivity contribution in [1.29, 1.82) is 5.26 Å². The van der Waals surface area contributed by atoms with Gasteiger partial charge in [-0.3, -0.25) is 10.3 Å². The van der Waals surface area contributed by atoms with E-state index in [1.165, 1.54) is 12.1 Å². The van der Waals surface area contributed by atoms with Gasteiger partial charge in [-0.25, -0.2) is 5.43 Å². The van der Waals surface area contributed by atoms with Crippen LogP contribution in [0.4, 0.5) is 13.2 Å². The van der Waals surface area contributed by atoms with Crippen LogP contribution in [0.5, 0.6) is 0 Å². The molecule has 1 unspecified atom stereocenters. The predicted octanol–water partition coefficient (Wildman–Crippen LogP) is 4.08. The molecule has 1 fully saturated rings. The average Bonchev–Trinajstić information content (AvgIpc) is 3.54. The van der Waals surface area contributed by atoms with E-state index in [2.05, 4.69) is 31.7 Å². The molecule has 2 heterocycles. The van der Waals surface area contributed by atoms with Gasteiger partial charge in [-0.05, 0) is 43.1 Å². The van der Waals surface area contributed by atoms with Crippen molar-refractivity contribution in [3.8, 4) is 6.07 Å². The molecule has 0 amide bonds. The van der Waals surface area contributed by atoms with Gasteiger partial charge < -0.3 is 9.80 Å². The van der Waals surface area contributed by atoms with E-state index < -0.39 is 11.6 Å². The minimum absolute atomic E-state index is 0.105. The highest BCUT2D eigenvalue weighted by Gasteiger charge is 2.64. The molecule has 2 aromatic rings. The minimum Gasteiger partial charge on any atom is -0.307 e. The van der Waals surface area contributed by atoms with Crippen molar-refractivity contribution in [3.05, 3.63) is 75.7 Å². The lowest BCUT2D eigenvalue weighted by atomic mass is 9.94. The number of nitrogens with zero attached hydrogens (tertiary/aromatic N) is 3. The number of aromatic nitrogens is 1. The average molecular weight is 522 g/mol. The smallest absolute Gasteiger partial charge is 0.307 e. The molecule has 1 saturated carbocycles. The molecule has 1 aliphatic carbocycles. The van der Waals surface area contributed by atoms with E-state index in [9.17, 15) is 18.0 Å². The van der Waals surface area contributed by atoms with Gasteiger partial charge in [0.2, 0.25) is 0 Å². The normalized spacial score (nSPS) is 18.6. The Kier molecular flexibility index (Phi) is 7.89. The summed E-state index contributed by atoms with van der Waals surface area (Å²) < 4.78 is 39.4. The van der Waals surface area contributed by atoms with Crippen molar-refractivity contribution >= 4 is 22.2 Å². The number of alkyl halides is 3. The van der Waals surface area contributed by atoms with E-state index in [1.54, 1.807) is 24.4 Å². The molecule has 6 nitrogen and oxygen atoms in total. The Hall–Kier alpha value is -2.74. The first-order valence-electron chi connectivity index (χ1n) is 10.2. The summed E-state index contributed by atoms with van der Waals surface area (Å²) in [4.78, 5) is 14.5. The maximum Gasteiger partial charge on any atom is 0.398 e. The minimum atomic E-state index is -4.17. The molecule has 0 bridgehead atoms. The molecule has 4 rings (SSSR count). The third-order valence-corrected chi connectivity index (χ3v) is 6.21. The first-order chi connectivity index (χ1) is 15.7. The highest BCUT2D eigenvalue weighted by molar-refractivity contribution is 9.11. The van der Waals surface area contributed by atoms with Gasteiger partial charge in [0.15, 0.2) is 0 Å². The van der Waals surface area contributed by atoms with Crippen LogP contribution in [0.15, 0.2) is 53.3 Å². The Morgan fingerprint density at radius 3 is 2.45 bits per heavy atom. The molecule has 0 radical (unpaired) electrons. The summed E-state index contributed by atoms with van der Waals surface area (Å²) in [7, 11) is 1.89. The maximum absolute atomic E-state index is 12.8. The first kappa shape index (κ1) is 24.9. The number of nitrogens with one attached hydrogen (secondary N) is 2. The second-order valence-electron chi connectivity index (χ2n) is 7.79. The molecular formula is C23H23BrF3N5O. The van der Waals surface area contributed by atoms with Crippen LogP contribution >= 0.6 is 15.9 Å². The predicted molar refractivity (Wildman–Crippen MR) is 121 cm³/mol. The van der Waals surface area contributed by atoms with Gasteiger partial charge in [-0.1, -0.05) is 40.2 Å². The quantitative estimate of drug-likeness (QED) is 0.557. The highest BCUT2D eigenvalue weighted by atomic mass is 79.9. The molecular weight excluding hydrogens is 499 g/mol. The Morgan fingerprint density at radius 1 is 1.30 bits per heavy atom. The summed E-state index contributed by atoms with van der Waals surface area (Å²) in [6.45, 7) is 0.652. The van der Waals surface area contributed by atoms with Gasteiger partial charge in [0.25, 0.3) is 0 Å². The summed E-state index contributed by atoms with van der Waals surface area (Å²) in [5, 5.41) is 13.7. The number of nitriles is 1. The van der Waals surface area contributed by atoms with Crippen molar-refractivity contribution in [2.75, 3.05) is 7.05 Å². The summed E-state index contributed by atoms with van der Waals surface area (Å²) >= 11 is 3.47. The first-order valence-corrected chi connectivity index (χ1v) is 11.0. The van der Waals surface area contributed by atoms with E-state index in [0.717, 1.165) is 22.0 Å². The Labute approximate surface area is 198 Å². The molecule has 33 heavy (non-hydrogen) atoms. The number of carbonyl (C=O) groups is 1. The van der Waals surface area contributed by atoms with Gasteiger partial charge >= 0.3 is 6.18 Å². The van der Waals surface area contributed by atoms with Crippen molar-refractivity contribution in [2.45, 2.75) is 43.6 Å². The van der Waals surface area contributed by atoms with Crippen LogP contribution in [0.2, 0.25) is 0 Å². The lowest BCUT2D eigenvalue weighted by Crippen LogP contribution is -2.42. The largest absolute Gasteiger partial charge is 0.398 e. The van der Waals surface area contributed by atoms with Gasteiger partial charge in [0.05, 0.1) is 23.2 Å². The number of carbonyl (C=O) groups excluding carboxylic acids is 1. The van der Waals surface area contributed by atoms with Crippen molar-refractivity contribution in [2.24, 2.45) is 0 Å². The fourth-order valence-electron chi connectivity index (χ4n) is 3.46. The standard InChI is InChI=1S/C12H11F3O.C11H12BrN5/c13-12(14,15)11(6-7-11)10-3-1-9(2-4-10)5-8-16;1-14-11-10(12)7-17(16-11)6-9-3-2-8(4-13)5-15-9/h1-4,8H,5-7H2;2-3,5,7,11,14,16H,6H2,1H3. The van der Waals surface area contributed by atoms with Gasteiger partial charge in [0, 0.05) is 23.3 Å². The van der Waals surface area contributed by atoms with Gasteiger partial charge in [-0.15, -0.1) is 0 Å². The van der Waals surface area contributed by atoms with E-state index in [4.69, 9.17) is 5.26 Å². The van der Waals surface area contributed by atoms with Crippen LogP contribution in [0, 0.1) is 11.3 Å². The summed E-state index contributed by atoms with van der Waals surface area (Å²) in [5.41, 5.74) is 4.17. The molecule has 1 atom stereocenters. The number of aldehydes is 1. The third kappa shape index (κ3) is 5.99. The second-order valence-corrected chi connectivity index (χ2v) is 8.71. The van der Waals surface area contributed by atoms with Crippen molar-refractivity contribution < 1.29 is 18.0 Å². The van der Waals surface area contributed by atoms with E-state index in [1.807, 2.05) is 30.4 Å². The zero-order valence-corrected chi connectivity index (χ0v) is 19.4. The molecule has 0 spiro atoms. The topological polar surface area (TPSA) is 81.0 Å². The fraction of sp³-hybridized carbons (Fsp3) is 0.348. The fourth-order valence-corrected chi connectivity index (χ4v) is 4.04. The number of halogens is 4.